The van der Waals surface area contributed by atoms with Crippen LogP contribution in [0.1, 0.15) is 18.7 Å². The number of nitrogens with zero attached hydrogens (tertiary/aromatic N) is 4. The minimum atomic E-state index is -4.54. The predicted molar refractivity (Wildman–Crippen MR) is 96.5 cm³/mol. The lowest BCUT2D eigenvalue weighted by Crippen LogP contribution is -2.39. The zero-order chi connectivity index (χ0) is 19.7. The third kappa shape index (κ3) is 4.01. The molecule has 0 aliphatic carbocycles. The van der Waals surface area contributed by atoms with E-state index in [1.807, 2.05) is 16.9 Å². The van der Waals surface area contributed by atoms with Crippen molar-refractivity contribution in [2.75, 3.05) is 18.4 Å². The van der Waals surface area contributed by atoms with Crippen molar-refractivity contribution in [3.05, 3.63) is 42.5 Å². The number of imidazole rings is 1. The van der Waals surface area contributed by atoms with E-state index >= 15 is 0 Å². The molecule has 1 saturated heterocycles. The number of aromatic amines is 1. The Morgan fingerprint density at radius 3 is 2.96 bits per heavy atom. The Labute approximate surface area is 158 Å². The number of halogens is 3. The topological polar surface area (TPSA) is 78.8 Å². The Hall–Kier alpha value is -2.88. The van der Waals surface area contributed by atoms with Crippen LogP contribution in [-0.4, -0.2) is 49.7 Å². The Bertz CT molecular complexity index is 966. The molecule has 148 valence electrons. The van der Waals surface area contributed by atoms with E-state index < -0.39 is 12.0 Å². The number of alkyl halides is 3. The highest BCUT2D eigenvalue weighted by molar-refractivity contribution is 5.94. The van der Waals surface area contributed by atoms with Gasteiger partial charge in [-0.25, -0.2) is 4.98 Å². The van der Waals surface area contributed by atoms with Crippen molar-refractivity contribution >= 4 is 22.6 Å². The molecule has 0 unspecified atom stereocenters. The molecule has 1 aromatic carbocycles. The Balaban J connectivity index is 1.40. The van der Waals surface area contributed by atoms with Crippen molar-refractivity contribution in [3.63, 3.8) is 0 Å². The van der Waals surface area contributed by atoms with E-state index in [9.17, 15) is 18.0 Å². The third-order valence-electron chi connectivity index (χ3n) is 4.84. The average molecular weight is 392 g/mol. The van der Waals surface area contributed by atoms with Gasteiger partial charge in [0, 0.05) is 24.1 Å². The first-order chi connectivity index (χ1) is 13.4. The molecule has 7 nitrogen and oxygen atoms in total. The minimum Gasteiger partial charge on any atom is -0.334 e. The summed E-state index contributed by atoms with van der Waals surface area (Å²) in [7, 11) is 0. The van der Waals surface area contributed by atoms with Crippen LogP contribution in [0.15, 0.2) is 36.7 Å². The molecule has 3 aromatic rings. The molecular weight excluding hydrogens is 373 g/mol. The van der Waals surface area contributed by atoms with Gasteiger partial charge in [0.15, 0.2) is 0 Å². The molecule has 1 aliphatic rings. The van der Waals surface area contributed by atoms with Gasteiger partial charge >= 0.3 is 6.18 Å². The van der Waals surface area contributed by atoms with E-state index in [0.29, 0.717) is 5.69 Å². The number of rotatable bonds is 5. The number of H-pyrrole nitrogens is 1. The molecule has 1 atom stereocenters. The summed E-state index contributed by atoms with van der Waals surface area (Å²) in [6, 6.07) is 6.55. The zero-order valence-electron chi connectivity index (χ0n) is 14.9. The van der Waals surface area contributed by atoms with Crippen LogP contribution in [-0.2, 0) is 17.5 Å². The Morgan fingerprint density at radius 2 is 2.21 bits per heavy atom. The van der Waals surface area contributed by atoms with Gasteiger partial charge in [0.25, 0.3) is 0 Å². The predicted octanol–water partition coefficient (Wildman–Crippen LogP) is 2.88. The highest BCUT2D eigenvalue weighted by atomic mass is 19.4. The van der Waals surface area contributed by atoms with E-state index in [0.717, 1.165) is 25.9 Å². The third-order valence-corrected chi connectivity index (χ3v) is 4.84. The summed E-state index contributed by atoms with van der Waals surface area (Å²) < 4.78 is 40.1. The number of fused-ring (bicyclic) bond motifs is 1. The van der Waals surface area contributed by atoms with Crippen molar-refractivity contribution in [2.45, 2.75) is 31.6 Å². The van der Waals surface area contributed by atoms with Gasteiger partial charge in [0.1, 0.15) is 0 Å². The van der Waals surface area contributed by atoms with Crippen LogP contribution < -0.4 is 5.32 Å². The summed E-state index contributed by atoms with van der Waals surface area (Å²) in [4.78, 5) is 20.3. The number of anilines is 1. The fraction of sp³-hybridized carbons (Fsp3) is 0.389. The second kappa shape index (κ2) is 7.27. The van der Waals surface area contributed by atoms with Crippen LogP contribution in [0.3, 0.4) is 0 Å². The molecule has 1 fully saturated rings. The standard InChI is InChI=1S/C18H19F3N6O/c19-18(20,21)17-24-14-5-4-12(9-15(14)25-17)23-16(28)11-26-7-1-3-13(26)10-27-8-2-6-22-27/h2,4-6,8-9,13H,1,3,7,10-11H2,(H,23,28)(H,24,25)/t13-/m0/s1. The first-order valence-corrected chi connectivity index (χ1v) is 8.97. The molecular formula is C18H19F3N6O. The maximum Gasteiger partial charge on any atom is 0.449 e. The molecule has 2 N–H and O–H groups in total. The summed E-state index contributed by atoms with van der Waals surface area (Å²) in [6.07, 6.45) is 1.09. The van der Waals surface area contributed by atoms with Crippen molar-refractivity contribution in [1.82, 2.24) is 24.6 Å². The molecule has 28 heavy (non-hydrogen) atoms. The molecule has 3 heterocycles. The van der Waals surface area contributed by atoms with E-state index in [2.05, 4.69) is 25.3 Å². The monoisotopic (exact) mass is 392 g/mol. The van der Waals surface area contributed by atoms with Crippen molar-refractivity contribution < 1.29 is 18.0 Å². The van der Waals surface area contributed by atoms with Crippen molar-refractivity contribution in [2.24, 2.45) is 0 Å². The molecule has 1 amide bonds. The molecule has 0 radical (unpaired) electrons. The maximum absolute atomic E-state index is 12.8. The van der Waals surface area contributed by atoms with Crippen LogP contribution in [0.25, 0.3) is 11.0 Å². The highest BCUT2D eigenvalue weighted by Crippen LogP contribution is 2.29. The minimum absolute atomic E-state index is 0.198. The summed E-state index contributed by atoms with van der Waals surface area (Å²) in [5.74, 6) is -1.26. The van der Waals surface area contributed by atoms with Crippen LogP contribution in [0.5, 0.6) is 0 Å². The van der Waals surface area contributed by atoms with Gasteiger partial charge in [-0.1, -0.05) is 0 Å². The molecule has 10 heteroatoms. The number of benzene rings is 1. The maximum atomic E-state index is 12.8. The average Bonchev–Trinajstić information content (AvgIpc) is 3.36. The molecule has 4 rings (SSSR count). The zero-order valence-corrected chi connectivity index (χ0v) is 14.9. The largest absolute Gasteiger partial charge is 0.449 e. The number of carbonyl (C=O) groups excluding carboxylic acids is 1. The van der Waals surface area contributed by atoms with Crippen molar-refractivity contribution in [1.29, 1.82) is 0 Å². The number of nitrogens with one attached hydrogen (secondary N) is 2. The summed E-state index contributed by atoms with van der Waals surface area (Å²) in [5.41, 5.74) is 0.852. The number of hydrogen-bond donors (Lipinski definition) is 2. The van der Waals surface area contributed by atoms with Crippen LogP contribution in [0.4, 0.5) is 18.9 Å². The number of likely N-dealkylation sites (tertiary alicyclic amines) is 1. The normalized spacial score (nSPS) is 18.0. The summed E-state index contributed by atoms with van der Waals surface area (Å²) in [6.45, 7) is 1.77. The molecule has 0 saturated carbocycles. The Kier molecular flexibility index (Phi) is 4.80. The fourth-order valence-corrected chi connectivity index (χ4v) is 3.54. The van der Waals surface area contributed by atoms with Crippen molar-refractivity contribution in [3.8, 4) is 0 Å². The fourth-order valence-electron chi connectivity index (χ4n) is 3.54. The van der Waals surface area contributed by atoms with Gasteiger partial charge in [0.2, 0.25) is 11.7 Å². The number of amides is 1. The Morgan fingerprint density at radius 1 is 1.36 bits per heavy atom. The van der Waals surface area contributed by atoms with Gasteiger partial charge < -0.3 is 10.3 Å². The second-order valence-corrected chi connectivity index (χ2v) is 6.86. The van der Waals surface area contributed by atoms with Gasteiger partial charge in [-0.2, -0.15) is 18.3 Å². The quantitative estimate of drug-likeness (QED) is 0.700. The number of carbonyl (C=O) groups is 1. The van der Waals surface area contributed by atoms with Crippen LogP contribution in [0, 0.1) is 0 Å². The smallest absolute Gasteiger partial charge is 0.334 e. The van der Waals surface area contributed by atoms with Gasteiger partial charge in [0.05, 0.1) is 24.1 Å². The van der Waals surface area contributed by atoms with Gasteiger partial charge in [-0.05, 0) is 43.7 Å². The molecule has 0 spiro atoms. The number of aromatic nitrogens is 4. The first kappa shape index (κ1) is 18.5. The van der Waals surface area contributed by atoms with Crippen LogP contribution in [0.2, 0.25) is 0 Å². The lowest BCUT2D eigenvalue weighted by Gasteiger charge is -2.23. The van der Waals surface area contributed by atoms with E-state index in [-0.39, 0.29) is 29.5 Å². The SMILES string of the molecule is O=C(CN1CCC[C@H]1Cn1cccn1)Nc1ccc2nc(C(F)(F)F)[nH]c2c1. The van der Waals surface area contributed by atoms with E-state index in [1.54, 1.807) is 12.3 Å². The summed E-state index contributed by atoms with van der Waals surface area (Å²) >= 11 is 0. The number of hydrogen-bond acceptors (Lipinski definition) is 4. The lowest BCUT2D eigenvalue weighted by atomic mass is 10.2. The molecule has 1 aliphatic heterocycles. The van der Waals surface area contributed by atoms with Gasteiger partial charge in [-0.3, -0.25) is 14.4 Å². The highest BCUT2D eigenvalue weighted by Gasteiger charge is 2.34. The van der Waals surface area contributed by atoms with Crippen LogP contribution >= 0.6 is 0 Å². The van der Waals surface area contributed by atoms with E-state index in [4.69, 9.17) is 0 Å². The van der Waals surface area contributed by atoms with E-state index in [1.165, 1.54) is 12.1 Å². The first-order valence-electron chi connectivity index (χ1n) is 8.97. The second-order valence-electron chi connectivity index (χ2n) is 6.86. The summed E-state index contributed by atoms with van der Waals surface area (Å²) in [5, 5.41) is 6.97. The van der Waals surface area contributed by atoms with Gasteiger partial charge in [-0.15, -0.1) is 0 Å². The molecule has 2 aromatic heterocycles. The molecule has 0 bridgehead atoms. The lowest BCUT2D eigenvalue weighted by molar-refractivity contribution is -0.144.